The van der Waals surface area contributed by atoms with Gasteiger partial charge in [-0.2, -0.15) is 0 Å². The number of hydrogen-bond donors (Lipinski definition) is 3. The zero-order chi connectivity index (χ0) is 18.0. The van der Waals surface area contributed by atoms with Gasteiger partial charge in [-0.1, -0.05) is 54.6 Å². The van der Waals surface area contributed by atoms with E-state index in [1.807, 2.05) is 36.4 Å². The maximum absolute atomic E-state index is 11.8. The van der Waals surface area contributed by atoms with Crippen LogP contribution in [0.15, 0.2) is 60.7 Å². The number of nitrogens with one attached hydrogen (secondary N) is 1. The van der Waals surface area contributed by atoms with E-state index in [-0.39, 0.29) is 17.2 Å². The van der Waals surface area contributed by atoms with Crippen molar-refractivity contribution in [3.05, 3.63) is 77.4 Å². The van der Waals surface area contributed by atoms with Gasteiger partial charge >= 0.3 is 5.97 Å². The molecule has 1 atom stereocenters. The first kappa shape index (κ1) is 16.5. The molecule has 0 radical (unpaired) electrons. The molecule has 25 heavy (non-hydrogen) atoms. The van der Waals surface area contributed by atoms with Gasteiger partial charge in [0.15, 0.2) is 0 Å². The summed E-state index contributed by atoms with van der Waals surface area (Å²) >= 11 is 0. The number of amides is 1. The van der Waals surface area contributed by atoms with Crippen LogP contribution in [-0.4, -0.2) is 22.1 Å². The molecule has 3 aromatic carbocycles. The summed E-state index contributed by atoms with van der Waals surface area (Å²) in [5.74, 6) is -1.84. The third-order valence-electron chi connectivity index (χ3n) is 4.06. The average Bonchev–Trinajstić information content (AvgIpc) is 2.60. The van der Waals surface area contributed by atoms with Gasteiger partial charge in [0.2, 0.25) is 5.91 Å². The number of carboxylic acid groups (broad SMARTS) is 1. The smallest absolute Gasteiger partial charge is 0.339 e. The fourth-order valence-corrected chi connectivity index (χ4v) is 2.99. The second-order valence-corrected chi connectivity index (χ2v) is 5.76. The lowest BCUT2D eigenvalue weighted by atomic mass is 9.90. The van der Waals surface area contributed by atoms with Crippen molar-refractivity contribution in [2.24, 2.45) is 0 Å². The zero-order valence-electron chi connectivity index (χ0n) is 13.6. The molecule has 0 spiro atoms. The Morgan fingerprint density at radius 2 is 1.64 bits per heavy atom. The van der Waals surface area contributed by atoms with Gasteiger partial charge < -0.3 is 15.5 Å². The fourth-order valence-electron chi connectivity index (χ4n) is 2.99. The highest BCUT2D eigenvalue weighted by Gasteiger charge is 2.25. The Balaban J connectivity index is 2.35. The molecule has 5 heteroatoms. The predicted octanol–water partition coefficient (Wildman–Crippen LogP) is 3.47. The number of phenols is 1. The van der Waals surface area contributed by atoms with Crippen molar-refractivity contribution in [3.63, 3.8) is 0 Å². The number of benzene rings is 3. The minimum Gasteiger partial charge on any atom is -0.507 e. The lowest BCUT2D eigenvalue weighted by molar-refractivity contribution is -0.119. The van der Waals surface area contributed by atoms with E-state index in [0.717, 1.165) is 5.56 Å². The summed E-state index contributed by atoms with van der Waals surface area (Å²) in [7, 11) is 0. The quantitative estimate of drug-likeness (QED) is 0.681. The second kappa shape index (κ2) is 6.65. The minimum absolute atomic E-state index is 0.194. The summed E-state index contributed by atoms with van der Waals surface area (Å²) in [6, 6.07) is 17.1. The Labute approximate surface area is 144 Å². The van der Waals surface area contributed by atoms with E-state index in [9.17, 15) is 19.8 Å². The van der Waals surface area contributed by atoms with Crippen molar-refractivity contribution in [1.82, 2.24) is 5.32 Å². The Morgan fingerprint density at radius 1 is 1.00 bits per heavy atom. The van der Waals surface area contributed by atoms with Crippen LogP contribution in [0.5, 0.6) is 5.75 Å². The van der Waals surface area contributed by atoms with Crippen LogP contribution < -0.4 is 5.32 Å². The van der Waals surface area contributed by atoms with E-state index in [4.69, 9.17) is 0 Å². The average molecular weight is 335 g/mol. The van der Waals surface area contributed by atoms with Crippen molar-refractivity contribution < 1.29 is 19.8 Å². The van der Waals surface area contributed by atoms with E-state index in [1.165, 1.54) is 13.0 Å². The summed E-state index contributed by atoms with van der Waals surface area (Å²) in [6.45, 7) is 1.39. The van der Waals surface area contributed by atoms with E-state index in [1.54, 1.807) is 18.2 Å². The Morgan fingerprint density at radius 3 is 2.28 bits per heavy atom. The molecule has 0 saturated carbocycles. The van der Waals surface area contributed by atoms with Gasteiger partial charge in [0, 0.05) is 12.5 Å². The van der Waals surface area contributed by atoms with E-state index < -0.39 is 12.0 Å². The van der Waals surface area contributed by atoms with Crippen LogP contribution >= 0.6 is 0 Å². The van der Waals surface area contributed by atoms with Gasteiger partial charge in [-0.3, -0.25) is 4.79 Å². The summed E-state index contributed by atoms with van der Waals surface area (Å²) in [6.07, 6.45) is 0. The molecule has 3 aromatic rings. The summed E-state index contributed by atoms with van der Waals surface area (Å²) in [5.41, 5.74) is 0.928. The molecule has 3 N–H and O–H groups in total. The number of fused-ring (bicyclic) bond motifs is 1. The number of carbonyl (C=O) groups excluding carboxylic acids is 1. The third-order valence-corrected chi connectivity index (χ3v) is 4.06. The van der Waals surface area contributed by atoms with Gasteiger partial charge in [0.1, 0.15) is 11.3 Å². The molecule has 0 fully saturated rings. The molecular weight excluding hydrogens is 318 g/mol. The maximum Gasteiger partial charge on any atom is 0.339 e. The SMILES string of the molecule is CC(=O)N[C@H](c1ccccc1)c1c(O)c(C(=O)O)cc2ccccc12. The fraction of sp³-hybridized carbons (Fsp3) is 0.100. The van der Waals surface area contributed by atoms with Crippen molar-refractivity contribution in [1.29, 1.82) is 0 Å². The molecule has 0 aliphatic rings. The van der Waals surface area contributed by atoms with Crippen molar-refractivity contribution in [3.8, 4) is 5.75 Å². The molecule has 0 aliphatic heterocycles. The van der Waals surface area contributed by atoms with Crippen LogP contribution in [0.4, 0.5) is 0 Å². The zero-order valence-corrected chi connectivity index (χ0v) is 13.6. The molecule has 0 aliphatic carbocycles. The van der Waals surface area contributed by atoms with E-state index >= 15 is 0 Å². The molecule has 0 heterocycles. The molecule has 1 amide bonds. The maximum atomic E-state index is 11.8. The minimum atomic E-state index is -1.22. The highest BCUT2D eigenvalue weighted by molar-refractivity contribution is 6.00. The van der Waals surface area contributed by atoms with E-state index in [0.29, 0.717) is 16.3 Å². The normalized spacial score (nSPS) is 11.9. The summed E-state index contributed by atoms with van der Waals surface area (Å²) in [5, 5.41) is 24.3. The third kappa shape index (κ3) is 3.17. The first-order chi connectivity index (χ1) is 12.0. The van der Waals surface area contributed by atoms with Crippen LogP contribution in [0.1, 0.15) is 34.5 Å². The predicted molar refractivity (Wildman–Crippen MR) is 94.7 cm³/mol. The number of aromatic carboxylic acids is 1. The standard InChI is InChI=1S/C20H17NO4/c1-12(22)21-18(13-7-3-2-4-8-13)17-15-10-6-5-9-14(15)11-16(19(17)23)20(24)25/h2-11,18,23H,1H3,(H,21,22)(H,24,25)/t18-/m1/s1. The molecule has 0 unspecified atom stereocenters. The Bertz CT molecular complexity index is 951. The largest absolute Gasteiger partial charge is 0.507 e. The van der Waals surface area contributed by atoms with Crippen LogP contribution in [0.3, 0.4) is 0 Å². The Hall–Kier alpha value is -3.34. The highest BCUT2D eigenvalue weighted by atomic mass is 16.4. The number of carboxylic acids is 1. The van der Waals surface area contributed by atoms with E-state index in [2.05, 4.69) is 5.32 Å². The lowest BCUT2D eigenvalue weighted by Gasteiger charge is -2.23. The molecule has 3 rings (SSSR count). The number of rotatable bonds is 4. The van der Waals surface area contributed by atoms with Crippen LogP contribution in [-0.2, 0) is 4.79 Å². The molecule has 5 nitrogen and oxygen atoms in total. The number of hydrogen-bond acceptors (Lipinski definition) is 3. The van der Waals surface area contributed by atoms with Gasteiger partial charge in [0.25, 0.3) is 0 Å². The summed E-state index contributed by atoms with van der Waals surface area (Å²) in [4.78, 5) is 23.3. The first-order valence-corrected chi connectivity index (χ1v) is 7.79. The second-order valence-electron chi connectivity index (χ2n) is 5.76. The van der Waals surface area contributed by atoms with Gasteiger partial charge in [0.05, 0.1) is 6.04 Å². The van der Waals surface area contributed by atoms with Crippen LogP contribution in [0.25, 0.3) is 10.8 Å². The number of carbonyl (C=O) groups is 2. The molecule has 0 bridgehead atoms. The first-order valence-electron chi connectivity index (χ1n) is 7.79. The van der Waals surface area contributed by atoms with Crippen LogP contribution in [0.2, 0.25) is 0 Å². The molecular formula is C20H17NO4. The molecule has 126 valence electrons. The lowest BCUT2D eigenvalue weighted by Crippen LogP contribution is -2.27. The number of aromatic hydroxyl groups is 1. The van der Waals surface area contributed by atoms with Crippen molar-refractivity contribution >= 4 is 22.6 Å². The highest BCUT2D eigenvalue weighted by Crippen LogP contribution is 2.38. The molecule has 0 saturated heterocycles. The topological polar surface area (TPSA) is 86.6 Å². The van der Waals surface area contributed by atoms with Gasteiger partial charge in [-0.05, 0) is 22.4 Å². The van der Waals surface area contributed by atoms with Crippen LogP contribution in [0, 0.1) is 0 Å². The van der Waals surface area contributed by atoms with Gasteiger partial charge in [-0.25, -0.2) is 4.79 Å². The molecule has 0 aromatic heterocycles. The Kier molecular flexibility index (Phi) is 4.39. The van der Waals surface area contributed by atoms with Gasteiger partial charge in [-0.15, -0.1) is 0 Å². The van der Waals surface area contributed by atoms with Crippen molar-refractivity contribution in [2.75, 3.05) is 0 Å². The van der Waals surface area contributed by atoms with Crippen molar-refractivity contribution in [2.45, 2.75) is 13.0 Å². The summed E-state index contributed by atoms with van der Waals surface area (Å²) < 4.78 is 0. The monoisotopic (exact) mass is 335 g/mol.